The lowest BCUT2D eigenvalue weighted by atomic mass is 10.4. The van der Waals surface area contributed by atoms with Crippen molar-refractivity contribution in [3.63, 3.8) is 0 Å². The molecule has 56 valence electrons. The molecule has 0 saturated heterocycles. The van der Waals surface area contributed by atoms with Crippen LogP contribution in [0.2, 0.25) is 0 Å². The van der Waals surface area contributed by atoms with Crippen molar-refractivity contribution in [2.45, 2.75) is 24.3 Å². The summed E-state index contributed by atoms with van der Waals surface area (Å²) in [4.78, 5) is 4.07. The smallest absolute Gasteiger partial charge is 0.0950 e. The summed E-state index contributed by atoms with van der Waals surface area (Å²) in [5, 5.41) is 0. The maximum atomic E-state index is 4.07. The van der Waals surface area contributed by atoms with Gasteiger partial charge in [0, 0.05) is 22.4 Å². The molecule has 1 aromatic rings. The summed E-state index contributed by atoms with van der Waals surface area (Å²) in [5.74, 6) is 0. The summed E-state index contributed by atoms with van der Waals surface area (Å²) in [6.07, 6.45) is 3.81. The van der Waals surface area contributed by atoms with E-state index in [-0.39, 0.29) is 0 Å². The molecule has 3 heteroatoms. The standard InChI is InChI=1S/C7H11IN2/c1-6(2)10-5-9-4-7(10)3-8/h4-6H,3H2,1-2H3. The Balaban J connectivity index is 2.90. The van der Waals surface area contributed by atoms with Crippen LogP contribution in [0.4, 0.5) is 0 Å². The topological polar surface area (TPSA) is 17.8 Å². The van der Waals surface area contributed by atoms with Crippen molar-refractivity contribution >= 4 is 22.6 Å². The molecule has 0 saturated carbocycles. The van der Waals surface area contributed by atoms with Gasteiger partial charge >= 0.3 is 0 Å². The van der Waals surface area contributed by atoms with Gasteiger partial charge in [0.25, 0.3) is 0 Å². The molecule has 0 amide bonds. The van der Waals surface area contributed by atoms with E-state index in [1.165, 1.54) is 5.69 Å². The van der Waals surface area contributed by atoms with E-state index in [2.05, 4.69) is 46.0 Å². The molecule has 0 spiro atoms. The van der Waals surface area contributed by atoms with Crippen LogP contribution >= 0.6 is 22.6 Å². The third-order valence-corrected chi connectivity index (χ3v) is 2.22. The average molecular weight is 250 g/mol. The van der Waals surface area contributed by atoms with Gasteiger partial charge in [-0.05, 0) is 13.8 Å². The molecule has 1 rings (SSSR count). The Hall–Kier alpha value is -0.0600. The third kappa shape index (κ3) is 1.51. The molecule has 0 aliphatic carbocycles. The van der Waals surface area contributed by atoms with E-state index in [1.807, 2.05) is 12.5 Å². The minimum atomic E-state index is 0.535. The van der Waals surface area contributed by atoms with E-state index in [4.69, 9.17) is 0 Å². The molecule has 0 aromatic carbocycles. The first-order valence-electron chi connectivity index (χ1n) is 3.32. The Bertz CT molecular complexity index is 205. The van der Waals surface area contributed by atoms with Crippen molar-refractivity contribution < 1.29 is 0 Å². The zero-order valence-electron chi connectivity index (χ0n) is 6.21. The van der Waals surface area contributed by atoms with Crippen LogP contribution in [0.15, 0.2) is 12.5 Å². The summed E-state index contributed by atoms with van der Waals surface area (Å²) in [6, 6.07) is 0.535. The molecule has 1 heterocycles. The first-order chi connectivity index (χ1) is 4.75. The van der Waals surface area contributed by atoms with Crippen LogP contribution in [0.3, 0.4) is 0 Å². The number of hydrogen-bond donors (Lipinski definition) is 0. The molecule has 2 nitrogen and oxygen atoms in total. The van der Waals surface area contributed by atoms with Gasteiger partial charge in [-0.1, -0.05) is 22.6 Å². The lowest BCUT2D eigenvalue weighted by molar-refractivity contribution is 0.585. The normalized spacial score (nSPS) is 10.8. The van der Waals surface area contributed by atoms with Gasteiger partial charge in [-0.3, -0.25) is 0 Å². The number of hydrogen-bond acceptors (Lipinski definition) is 1. The van der Waals surface area contributed by atoms with Gasteiger partial charge in [-0.2, -0.15) is 0 Å². The zero-order valence-corrected chi connectivity index (χ0v) is 8.37. The quantitative estimate of drug-likeness (QED) is 0.582. The number of imidazole rings is 1. The second-order valence-corrected chi connectivity index (χ2v) is 3.28. The van der Waals surface area contributed by atoms with E-state index in [0.717, 1.165) is 4.43 Å². The molecule has 0 radical (unpaired) electrons. The van der Waals surface area contributed by atoms with E-state index < -0.39 is 0 Å². The zero-order chi connectivity index (χ0) is 7.56. The molecule has 0 atom stereocenters. The predicted molar refractivity (Wildman–Crippen MR) is 50.3 cm³/mol. The fraction of sp³-hybridized carbons (Fsp3) is 0.571. The minimum absolute atomic E-state index is 0.535. The van der Waals surface area contributed by atoms with Gasteiger partial charge in [0.1, 0.15) is 0 Å². The van der Waals surface area contributed by atoms with Crippen LogP contribution in [0.5, 0.6) is 0 Å². The molecule has 0 unspecified atom stereocenters. The molecule has 0 N–H and O–H groups in total. The SMILES string of the molecule is CC(C)n1cncc1CI. The summed E-state index contributed by atoms with van der Waals surface area (Å²) >= 11 is 2.35. The van der Waals surface area contributed by atoms with Crippen LogP contribution in [-0.2, 0) is 4.43 Å². The first-order valence-corrected chi connectivity index (χ1v) is 4.85. The summed E-state index contributed by atoms with van der Waals surface area (Å²) in [5.41, 5.74) is 1.30. The Morgan fingerprint density at radius 3 is 2.80 bits per heavy atom. The number of aromatic nitrogens is 2. The fourth-order valence-electron chi connectivity index (χ4n) is 0.901. The lowest BCUT2D eigenvalue weighted by Crippen LogP contribution is -2.01. The highest BCUT2D eigenvalue weighted by Gasteiger charge is 2.01. The maximum absolute atomic E-state index is 4.07. The molecule has 10 heavy (non-hydrogen) atoms. The summed E-state index contributed by atoms with van der Waals surface area (Å²) in [7, 11) is 0. The number of alkyl halides is 1. The minimum Gasteiger partial charge on any atom is -0.331 e. The van der Waals surface area contributed by atoms with Crippen molar-refractivity contribution in [2.24, 2.45) is 0 Å². The van der Waals surface area contributed by atoms with Crippen LogP contribution in [0.1, 0.15) is 25.6 Å². The molecule has 0 fully saturated rings. The highest BCUT2D eigenvalue weighted by molar-refractivity contribution is 14.1. The van der Waals surface area contributed by atoms with E-state index in [9.17, 15) is 0 Å². The van der Waals surface area contributed by atoms with Crippen molar-refractivity contribution in [1.82, 2.24) is 9.55 Å². The second kappa shape index (κ2) is 3.37. The Labute approximate surface area is 74.8 Å². The van der Waals surface area contributed by atoms with E-state index in [1.54, 1.807) is 0 Å². The van der Waals surface area contributed by atoms with Gasteiger partial charge in [0.2, 0.25) is 0 Å². The summed E-state index contributed by atoms with van der Waals surface area (Å²) in [6.45, 7) is 4.33. The van der Waals surface area contributed by atoms with E-state index in [0.29, 0.717) is 6.04 Å². The van der Waals surface area contributed by atoms with Gasteiger partial charge in [0.15, 0.2) is 0 Å². The number of halogens is 1. The Morgan fingerprint density at radius 2 is 2.40 bits per heavy atom. The second-order valence-electron chi connectivity index (χ2n) is 2.52. The highest BCUT2D eigenvalue weighted by Crippen LogP contribution is 2.11. The van der Waals surface area contributed by atoms with Gasteiger partial charge in [-0.25, -0.2) is 4.98 Å². The van der Waals surface area contributed by atoms with Gasteiger partial charge in [-0.15, -0.1) is 0 Å². The van der Waals surface area contributed by atoms with Crippen LogP contribution in [-0.4, -0.2) is 9.55 Å². The lowest BCUT2D eigenvalue weighted by Gasteiger charge is -2.08. The fourth-order valence-corrected chi connectivity index (χ4v) is 1.49. The van der Waals surface area contributed by atoms with Crippen LogP contribution in [0, 0.1) is 0 Å². The number of rotatable bonds is 2. The van der Waals surface area contributed by atoms with Crippen molar-refractivity contribution in [1.29, 1.82) is 0 Å². The molecular formula is C7H11IN2. The predicted octanol–water partition coefficient (Wildman–Crippen LogP) is 2.40. The number of nitrogens with zero attached hydrogens (tertiary/aromatic N) is 2. The van der Waals surface area contributed by atoms with Crippen LogP contribution in [0.25, 0.3) is 0 Å². The molecule has 0 aliphatic rings. The average Bonchev–Trinajstić information content (AvgIpc) is 2.33. The largest absolute Gasteiger partial charge is 0.331 e. The molecule has 0 aliphatic heterocycles. The van der Waals surface area contributed by atoms with Crippen molar-refractivity contribution in [3.8, 4) is 0 Å². The van der Waals surface area contributed by atoms with Gasteiger partial charge < -0.3 is 4.57 Å². The molecule has 0 bridgehead atoms. The molecule has 1 aromatic heterocycles. The maximum Gasteiger partial charge on any atom is 0.0950 e. The van der Waals surface area contributed by atoms with Crippen LogP contribution < -0.4 is 0 Å². The summed E-state index contributed by atoms with van der Waals surface area (Å²) < 4.78 is 3.22. The highest BCUT2D eigenvalue weighted by atomic mass is 127. The monoisotopic (exact) mass is 250 g/mol. The molecular weight excluding hydrogens is 239 g/mol. The first kappa shape index (κ1) is 8.04. The van der Waals surface area contributed by atoms with Crippen molar-refractivity contribution in [2.75, 3.05) is 0 Å². The van der Waals surface area contributed by atoms with Crippen molar-refractivity contribution in [3.05, 3.63) is 18.2 Å². The van der Waals surface area contributed by atoms with E-state index >= 15 is 0 Å². The Morgan fingerprint density at radius 1 is 1.70 bits per heavy atom. The van der Waals surface area contributed by atoms with Gasteiger partial charge in [0.05, 0.1) is 6.33 Å². The third-order valence-electron chi connectivity index (χ3n) is 1.44. The Kier molecular flexibility index (Phi) is 2.71.